The number of alkyl halides is 3. The standard InChI is InChI=1S/C20H29F3N2O2/c1-24-15-9-10-25(12-15)13-18(17-7-2-3-8-19(17)26)14-5-4-6-16(11-14)27-20(21,22)23/h4-6,11,15,17-19,24,26H,2-3,7-10,12-13H2,1H3/t15-,17?,18?,19?/m1/s1. The zero-order valence-corrected chi connectivity index (χ0v) is 15.7. The van der Waals surface area contributed by atoms with Crippen LogP contribution in [0.5, 0.6) is 5.75 Å². The molecular formula is C20H29F3N2O2. The zero-order valence-electron chi connectivity index (χ0n) is 15.7. The average molecular weight is 386 g/mol. The molecule has 1 aliphatic heterocycles. The van der Waals surface area contributed by atoms with E-state index >= 15 is 0 Å². The summed E-state index contributed by atoms with van der Waals surface area (Å²) in [6.07, 6.45) is -0.318. The van der Waals surface area contributed by atoms with E-state index in [2.05, 4.69) is 15.0 Å². The average Bonchev–Trinajstić information content (AvgIpc) is 3.07. The van der Waals surface area contributed by atoms with Crippen LogP contribution in [0.15, 0.2) is 24.3 Å². The van der Waals surface area contributed by atoms with Gasteiger partial charge in [0.1, 0.15) is 5.75 Å². The van der Waals surface area contributed by atoms with E-state index in [1.54, 1.807) is 6.07 Å². The third-order valence-corrected chi connectivity index (χ3v) is 5.95. The van der Waals surface area contributed by atoms with Crippen LogP contribution in [0.1, 0.15) is 43.6 Å². The Balaban J connectivity index is 1.82. The van der Waals surface area contributed by atoms with Crippen molar-refractivity contribution in [2.45, 2.75) is 56.5 Å². The maximum Gasteiger partial charge on any atom is 0.573 e. The van der Waals surface area contributed by atoms with Gasteiger partial charge in [0.2, 0.25) is 0 Å². The molecule has 0 bridgehead atoms. The molecule has 0 aromatic heterocycles. The number of hydrogen-bond acceptors (Lipinski definition) is 4. The van der Waals surface area contributed by atoms with E-state index in [-0.39, 0.29) is 17.6 Å². The summed E-state index contributed by atoms with van der Waals surface area (Å²) in [4.78, 5) is 2.35. The van der Waals surface area contributed by atoms with E-state index in [4.69, 9.17) is 0 Å². The summed E-state index contributed by atoms with van der Waals surface area (Å²) >= 11 is 0. The lowest BCUT2D eigenvalue weighted by molar-refractivity contribution is -0.274. The van der Waals surface area contributed by atoms with Crippen LogP contribution in [-0.4, -0.2) is 55.2 Å². The van der Waals surface area contributed by atoms with Crippen molar-refractivity contribution in [3.63, 3.8) is 0 Å². The molecule has 1 aromatic carbocycles. The normalized spacial score (nSPS) is 28.3. The number of hydrogen-bond donors (Lipinski definition) is 2. The molecule has 2 aliphatic rings. The lowest BCUT2D eigenvalue weighted by Gasteiger charge is -2.37. The van der Waals surface area contributed by atoms with Gasteiger partial charge in [0, 0.05) is 25.0 Å². The van der Waals surface area contributed by atoms with Crippen LogP contribution >= 0.6 is 0 Å². The molecule has 0 spiro atoms. The molecular weight excluding hydrogens is 357 g/mol. The molecule has 1 heterocycles. The Morgan fingerprint density at radius 3 is 2.70 bits per heavy atom. The van der Waals surface area contributed by atoms with Crippen molar-refractivity contribution < 1.29 is 23.0 Å². The highest BCUT2D eigenvalue weighted by molar-refractivity contribution is 5.32. The maximum absolute atomic E-state index is 12.6. The first kappa shape index (κ1) is 20.4. The summed E-state index contributed by atoms with van der Waals surface area (Å²) in [5.74, 6) is -0.133. The number of nitrogens with zero attached hydrogens (tertiary/aromatic N) is 1. The van der Waals surface area contributed by atoms with Crippen LogP contribution in [-0.2, 0) is 0 Å². The van der Waals surface area contributed by atoms with Crippen molar-refractivity contribution >= 4 is 0 Å². The van der Waals surface area contributed by atoms with Gasteiger partial charge in [-0.3, -0.25) is 0 Å². The lowest BCUT2D eigenvalue weighted by atomic mass is 9.74. The van der Waals surface area contributed by atoms with Gasteiger partial charge in [0.15, 0.2) is 0 Å². The molecule has 2 fully saturated rings. The highest BCUT2D eigenvalue weighted by Crippen LogP contribution is 2.38. The predicted octanol–water partition coefficient (Wildman–Crippen LogP) is 3.51. The van der Waals surface area contributed by atoms with E-state index in [1.807, 2.05) is 13.1 Å². The van der Waals surface area contributed by atoms with Gasteiger partial charge in [-0.25, -0.2) is 0 Å². The fourth-order valence-electron chi connectivity index (χ4n) is 4.55. The van der Waals surface area contributed by atoms with E-state index < -0.39 is 12.5 Å². The van der Waals surface area contributed by atoms with Crippen molar-refractivity contribution in [2.75, 3.05) is 26.7 Å². The summed E-state index contributed by atoms with van der Waals surface area (Å²) in [6, 6.07) is 6.74. The summed E-state index contributed by atoms with van der Waals surface area (Å²) in [7, 11) is 1.95. The van der Waals surface area contributed by atoms with Crippen LogP contribution in [0, 0.1) is 5.92 Å². The molecule has 4 nitrogen and oxygen atoms in total. The Labute approximate surface area is 158 Å². The van der Waals surface area contributed by atoms with Gasteiger partial charge in [-0.2, -0.15) is 0 Å². The molecule has 1 aliphatic carbocycles. The second kappa shape index (κ2) is 8.80. The highest BCUT2D eigenvalue weighted by atomic mass is 19.4. The van der Waals surface area contributed by atoms with Crippen molar-refractivity contribution in [2.24, 2.45) is 5.92 Å². The smallest absolute Gasteiger partial charge is 0.406 e. The predicted molar refractivity (Wildman–Crippen MR) is 97.7 cm³/mol. The Hall–Kier alpha value is -1.31. The molecule has 7 heteroatoms. The van der Waals surface area contributed by atoms with Crippen molar-refractivity contribution in [3.05, 3.63) is 29.8 Å². The van der Waals surface area contributed by atoms with Crippen LogP contribution in [0.25, 0.3) is 0 Å². The Morgan fingerprint density at radius 2 is 2.04 bits per heavy atom. The van der Waals surface area contributed by atoms with Gasteiger partial charge in [0.25, 0.3) is 0 Å². The lowest BCUT2D eigenvalue weighted by Crippen LogP contribution is -2.38. The van der Waals surface area contributed by atoms with Gasteiger partial charge >= 0.3 is 6.36 Å². The molecule has 2 N–H and O–H groups in total. The van der Waals surface area contributed by atoms with Crippen molar-refractivity contribution in [3.8, 4) is 5.75 Å². The van der Waals surface area contributed by atoms with Gasteiger partial charge in [-0.15, -0.1) is 13.2 Å². The molecule has 1 saturated carbocycles. The number of aliphatic hydroxyl groups excluding tert-OH is 1. The molecule has 3 unspecified atom stereocenters. The largest absolute Gasteiger partial charge is 0.573 e. The first-order chi connectivity index (χ1) is 12.9. The molecule has 1 aromatic rings. The van der Waals surface area contributed by atoms with Gasteiger partial charge in [-0.05, 0) is 56.5 Å². The number of benzene rings is 1. The van der Waals surface area contributed by atoms with Crippen LogP contribution in [0.4, 0.5) is 13.2 Å². The minimum absolute atomic E-state index is 0.00677. The number of aliphatic hydroxyl groups is 1. The summed E-state index contributed by atoms with van der Waals surface area (Å²) < 4.78 is 42.0. The first-order valence-electron chi connectivity index (χ1n) is 9.79. The second-order valence-electron chi connectivity index (χ2n) is 7.78. The number of likely N-dealkylation sites (tertiary alicyclic amines) is 1. The van der Waals surface area contributed by atoms with Crippen LogP contribution in [0.2, 0.25) is 0 Å². The minimum atomic E-state index is -4.70. The topological polar surface area (TPSA) is 44.7 Å². The van der Waals surface area contributed by atoms with E-state index in [0.29, 0.717) is 6.04 Å². The van der Waals surface area contributed by atoms with E-state index in [0.717, 1.165) is 57.3 Å². The van der Waals surface area contributed by atoms with Crippen LogP contribution < -0.4 is 10.1 Å². The number of halogens is 3. The van der Waals surface area contributed by atoms with Gasteiger partial charge in [0.05, 0.1) is 6.10 Å². The quantitative estimate of drug-likeness (QED) is 0.785. The molecule has 4 atom stereocenters. The zero-order chi connectivity index (χ0) is 19.4. The molecule has 152 valence electrons. The van der Waals surface area contributed by atoms with Crippen LogP contribution in [0.3, 0.4) is 0 Å². The Bertz CT molecular complexity index is 611. The van der Waals surface area contributed by atoms with Gasteiger partial charge < -0.3 is 20.1 Å². The van der Waals surface area contributed by atoms with Crippen molar-refractivity contribution in [1.29, 1.82) is 0 Å². The third-order valence-electron chi connectivity index (χ3n) is 5.95. The Morgan fingerprint density at radius 1 is 1.26 bits per heavy atom. The molecule has 0 radical (unpaired) electrons. The fourth-order valence-corrected chi connectivity index (χ4v) is 4.55. The molecule has 3 rings (SSSR count). The van der Waals surface area contributed by atoms with E-state index in [9.17, 15) is 18.3 Å². The highest BCUT2D eigenvalue weighted by Gasteiger charge is 2.35. The number of ether oxygens (including phenoxy) is 1. The van der Waals surface area contributed by atoms with Gasteiger partial charge in [-0.1, -0.05) is 25.0 Å². The SMILES string of the molecule is CN[C@@H]1CCN(CC(c2cccc(OC(F)(F)F)c2)C2CCCCC2O)C1. The fraction of sp³-hybridized carbons (Fsp3) is 0.700. The van der Waals surface area contributed by atoms with Crippen molar-refractivity contribution in [1.82, 2.24) is 10.2 Å². The second-order valence-corrected chi connectivity index (χ2v) is 7.78. The Kier molecular flexibility index (Phi) is 6.65. The molecule has 27 heavy (non-hydrogen) atoms. The summed E-state index contributed by atoms with van der Waals surface area (Å²) in [5.41, 5.74) is 0.815. The molecule has 1 saturated heterocycles. The third kappa shape index (κ3) is 5.59. The van der Waals surface area contributed by atoms with E-state index in [1.165, 1.54) is 12.1 Å². The summed E-state index contributed by atoms with van der Waals surface area (Å²) in [5, 5.41) is 13.9. The number of nitrogens with one attached hydrogen (secondary N) is 1. The monoisotopic (exact) mass is 386 g/mol. The molecule has 0 amide bonds. The number of likely N-dealkylation sites (N-methyl/N-ethyl adjacent to an activating group) is 1. The maximum atomic E-state index is 12.6. The number of rotatable bonds is 6. The minimum Gasteiger partial charge on any atom is -0.406 e. The summed E-state index contributed by atoms with van der Waals surface area (Å²) in [6.45, 7) is 2.63. The first-order valence-corrected chi connectivity index (χ1v) is 9.79.